The van der Waals surface area contributed by atoms with E-state index >= 15 is 0 Å². The van der Waals surface area contributed by atoms with E-state index < -0.39 is 5.60 Å². The van der Waals surface area contributed by atoms with E-state index in [0.29, 0.717) is 47.5 Å². The van der Waals surface area contributed by atoms with E-state index in [0.717, 1.165) is 30.3 Å². The number of hydrogen-bond acceptors (Lipinski definition) is 7. The number of rotatable bonds is 13. The first-order valence-electron chi connectivity index (χ1n) is 13.8. The number of aromatic nitrogens is 4. The Morgan fingerprint density at radius 2 is 1.95 bits per heavy atom. The minimum absolute atomic E-state index is 0.129. The first kappa shape index (κ1) is 30.7. The lowest BCUT2D eigenvalue weighted by Crippen LogP contribution is -2.38. The molecule has 0 aliphatic carbocycles. The molecule has 0 radical (unpaired) electrons. The van der Waals surface area contributed by atoms with E-state index in [9.17, 15) is 14.4 Å². The van der Waals surface area contributed by atoms with Gasteiger partial charge in [0.2, 0.25) is 0 Å². The van der Waals surface area contributed by atoms with Crippen LogP contribution in [-0.4, -0.2) is 41.2 Å². The summed E-state index contributed by atoms with van der Waals surface area (Å²) in [7, 11) is 5.43. The number of nitrogens with zero attached hydrogens (tertiary/aromatic N) is 3. The molecule has 1 aliphatic heterocycles. The van der Waals surface area contributed by atoms with Gasteiger partial charge in [-0.1, -0.05) is 34.9 Å². The summed E-state index contributed by atoms with van der Waals surface area (Å²) in [4.78, 5) is 45.7. The van der Waals surface area contributed by atoms with Crippen molar-refractivity contribution < 1.29 is 9.53 Å². The summed E-state index contributed by atoms with van der Waals surface area (Å²) in [5, 5.41) is 0. The zero-order chi connectivity index (χ0) is 28.3. The Labute approximate surface area is 234 Å². The number of esters is 1. The van der Waals surface area contributed by atoms with Crippen LogP contribution in [0.15, 0.2) is 9.59 Å². The lowest BCUT2D eigenvalue weighted by atomic mass is 9.68. The van der Waals surface area contributed by atoms with Crippen molar-refractivity contribution >= 4 is 38.7 Å². The fourth-order valence-corrected chi connectivity index (χ4v) is 8.74. The van der Waals surface area contributed by atoms with Crippen LogP contribution in [0.5, 0.6) is 0 Å². The van der Waals surface area contributed by atoms with Gasteiger partial charge in [-0.3, -0.25) is 18.7 Å². The van der Waals surface area contributed by atoms with Gasteiger partial charge in [0.15, 0.2) is 11.5 Å². The Morgan fingerprint density at radius 1 is 1.24 bits per heavy atom. The fourth-order valence-electron chi connectivity index (χ4n) is 5.45. The first-order valence-corrected chi connectivity index (χ1v) is 16.1. The number of nitrogens with one attached hydrogen (secondary N) is 1. The van der Waals surface area contributed by atoms with Gasteiger partial charge in [-0.15, -0.1) is 0 Å². The van der Waals surface area contributed by atoms with E-state index in [4.69, 9.17) is 4.74 Å². The SMILES string of the molecule is CCn1c(=O)n(C)c(=O)c2[nH]c(C[C+](C)C(C)(CC)CC(C)(C)OC(=O)CCCCC3(C)CCSS3)nc21. The highest BCUT2D eigenvalue weighted by atomic mass is 33.1. The highest BCUT2D eigenvalue weighted by Gasteiger charge is 2.45. The zero-order valence-electron chi connectivity index (χ0n) is 24.4. The Hall–Kier alpha value is -1.81. The molecule has 0 bridgehead atoms. The van der Waals surface area contributed by atoms with Crippen LogP contribution in [-0.2, 0) is 29.5 Å². The van der Waals surface area contributed by atoms with Crippen molar-refractivity contribution in [1.82, 2.24) is 19.1 Å². The molecule has 2 unspecified atom stereocenters. The third-order valence-corrected chi connectivity index (χ3v) is 11.5. The summed E-state index contributed by atoms with van der Waals surface area (Å²) < 4.78 is 8.97. The summed E-state index contributed by atoms with van der Waals surface area (Å²) in [5.41, 5.74) is -0.800. The number of imidazole rings is 1. The van der Waals surface area contributed by atoms with E-state index in [2.05, 4.69) is 37.7 Å². The second-order valence-corrected chi connectivity index (χ2v) is 14.9. The third-order valence-electron chi connectivity index (χ3n) is 8.10. The molecule has 1 aliphatic rings. The maximum absolute atomic E-state index is 12.7. The predicted molar refractivity (Wildman–Crippen MR) is 159 cm³/mol. The summed E-state index contributed by atoms with van der Waals surface area (Å²) in [6, 6.07) is 0. The predicted octanol–water partition coefficient (Wildman–Crippen LogP) is 5.81. The molecule has 38 heavy (non-hydrogen) atoms. The van der Waals surface area contributed by atoms with Gasteiger partial charge in [0.1, 0.15) is 28.9 Å². The van der Waals surface area contributed by atoms with Crippen molar-refractivity contribution in [3.05, 3.63) is 32.6 Å². The molecule has 2 aromatic heterocycles. The molecule has 3 heterocycles. The van der Waals surface area contributed by atoms with Crippen LogP contribution in [0.1, 0.15) is 99.2 Å². The van der Waals surface area contributed by atoms with Crippen LogP contribution in [0.4, 0.5) is 0 Å². The van der Waals surface area contributed by atoms with Gasteiger partial charge in [0.25, 0.3) is 5.56 Å². The van der Waals surface area contributed by atoms with Crippen molar-refractivity contribution in [3.8, 4) is 0 Å². The normalized spacial score (nSPS) is 19.6. The number of carbonyl (C=O) groups excluding carboxylic acids is 1. The van der Waals surface area contributed by atoms with Gasteiger partial charge in [-0.2, -0.15) is 0 Å². The number of H-pyrrole nitrogens is 1. The van der Waals surface area contributed by atoms with Gasteiger partial charge in [-0.05, 0) is 60.3 Å². The highest BCUT2D eigenvalue weighted by Crippen LogP contribution is 2.49. The number of aryl methyl sites for hydroxylation is 1. The van der Waals surface area contributed by atoms with E-state index in [-0.39, 0.29) is 22.6 Å². The van der Waals surface area contributed by atoms with Gasteiger partial charge >= 0.3 is 11.7 Å². The molecule has 0 spiro atoms. The minimum Gasteiger partial charge on any atom is -0.459 e. The van der Waals surface area contributed by atoms with Crippen LogP contribution >= 0.6 is 21.6 Å². The molecule has 0 aromatic carbocycles. The number of aromatic amines is 1. The standard InChI is InChI=1S/C28H44N4O4S2/c1-9-27(6,18-26(4,5)36-21(33)13-11-12-14-28(7)15-16-37-38-28)19(3)17-20-29-22-23(30-20)32(10-2)25(35)31(8)24(22)34/h9-18H2,1-8H3/p+1. The molecule has 212 valence electrons. The number of fused-ring (bicyclic) bond motifs is 1. The van der Waals surface area contributed by atoms with Crippen LogP contribution < -0.4 is 11.2 Å². The van der Waals surface area contributed by atoms with Crippen LogP contribution in [0.2, 0.25) is 0 Å². The number of ether oxygens (including phenoxy) is 1. The van der Waals surface area contributed by atoms with Crippen molar-refractivity contribution in [2.24, 2.45) is 12.5 Å². The summed E-state index contributed by atoms with van der Waals surface area (Å²) in [6.07, 6.45) is 6.85. The van der Waals surface area contributed by atoms with Crippen LogP contribution in [0, 0.1) is 11.3 Å². The number of unbranched alkanes of at least 4 members (excludes halogenated alkanes) is 1. The Morgan fingerprint density at radius 3 is 2.55 bits per heavy atom. The molecule has 1 saturated heterocycles. The van der Waals surface area contributed by atoms with Crippen LogP contribution in [0.3, 0.4) is 0 Å². The molecule has 0 saturated carbocycles. The number of hydrogen-bond donors (Lipinski definition) is 1. The lowest BCUT2D eigenvalue weighted by Gasteiger charge is -2.34. The van der Waals surface area contributed by atoms with Crippen LogP contribution in [0.25, 0.3) is 11.2 Å². The summed E-state index contributed by atoms with van der Waals surface area (Å²) in [5.74, 6) is 2.93. The zero-order valence-corrected chi connectivity index (χ0v) is 26.0. The Kier molecular flexibility index (Phi) is 9.82. The summed E-state index contributed by atoms with van der Waals surface area (Å²) in [6.45, 7) is 15.0. The topological polar surface area (TPSA) is 99.0 Å². The molecule has 10 heteroatoms. The molecule has 2 atom stereocenters. The van der Waals surface area contributed by atoms with Crippen molar-refractivity contribution in [3.63, 3.8) is 0 Å². The summed E-state index contributed by atoms with van der Waals surface area (Å²) >= 11 is 0. The molecular weight excluding hydrogens is 520 g/mol. The average molecular weight is 566 g/mol. The average Bonchev–Trinajstić information content (AvgIpc) is 3.47. The van der Waals surface area contributed by atoms with E-state index in [1.54, 1.807) is 0 Å². The lowest BCUT2D eigenvalue weighted by molar-refractivity contribution is -0.159. The highest BCUT2D eigenvalue weighted by molar-refractivity contribution is 8.77. The fraction of sp³-hybridized carbons (Fsp3) is 0.750. The Bertz CT molecular complexity index is 1240. The van der Waals surface area contributed by atoms with Crippen molar-refractivity contribution in [2.75, 3.05) is 5.75 Å². The molecule has 1 N–H and O–H groups in total. The minimum atomic E-state index is -0.612. The van der Waals surface area contributed by atoms with Gasteiger partial charge in [0, 0.05) is 36.9 Å². The van der Waals surface area contributed by atoms with Gasteiger partial charge in [-0.25, -0.2) is 9.78 Å². The second-order valence-electron chi connectivity index (χ2n) is 11.9. The third kappa shape index (κ3) is 7.03. The molecular formula is C28H45N4O4S2+. The quantitative estimate of drug-likeness (QED) is 0.142. The molecule has 8 nitrogen and oxygen atoms in total. The van der Waals surface area contributed by atoms with Crippen molar-refractivity contribution in [1.29, 1.82) is 0 Å². The largest absolute Gasteiger partial charge is 0.459 e. The molecule has 3 rings (SSSR count). The Balaban J connectivity index is 1.62. The second kappa shape index (κ2) is 12.1. The number of carbonyl (C=O) groups is 1. The van der Waals surface area contributed by atoms with Gasteiger partial charge in [0.05, 0.1) is 6.92 Å². The first-order chi connectivity index (χ1) is 17.7. The molecule has 2 aromatic rings. The van der Waals surface area contributed by atoms with E-state index in [1.165, 1.54) is 29.7 Å². The molecule has 1 fully saturated rings. The maximum atomic E-state index is 12.7. The monoisotopic (exact) mass is 565 g/mol. The van der Waals surface area contributed by atoms with Gasteiger partial charge < -0.3 is 9.72 Å². The van der Waals surface area contributed by atoms with E-state index in [1.807, 2.05) is 42.4 Å². The maximum Gasteiger partial charge on any atom is 0.332 e. The molecule has 0 amide bonds. The van der Waals surface area contributed by atoms with Crippen molar-refractivity contribution in [2.45, 2.75) is 117 Å². The smallest absolute Gasteiger partial charge is 0.332 e.